The first-order chi connectivity index (χ1) is 8.49. The van der Waals surface area contributed by atoms with Crippen LogP contribution in [0, 0.1) is 19.7 Å². The van der Waals surface area contributed by atoms with Crippen LogP contribution in [-0.2, 0) is 0 Å². The molecule has 18 heavy (non-hydrogen) atoms. The number of pyridine rings is 1. The molecule has 2 rings (SSSR count). The smallest absolute Gasteiger partial charge is 0.163 e. The summed E-state index contributed by atoms with van der Waals surface area (Å²) in [6, 6.07) is 1.79. The molecular formula is C12H13FN4O. The summed E-state index contributed by atoms with van der Waals surface area (Å²) in [7, 11) is 0. The zero-order valence-electron chi connectivity index (χ0n) is 10.3. The monoisotopic (exact) mass is 248 g/mol. The Hall–Kier alpha value is -2.24. The van der Waals surface area contributed by atoms with Gasteiger partial charge in [-0.15, -0.1) is 0 Å². The first-order valence-electron chi connectivity index (χ1n) is 5.44. The van der Waals surface area contributed by atoms with Crippen molar-refractivity contribution in [3.8, 4) is 0 Å². The maximum absolute atomic E-state index is 13.5. The zero-order valence-corrected chi connectivity index (χ0v) is 10.3. The maximum Gasteiger partial charge on any atom is 0.163 e. The lowest BCUT2D eigenvalue weighted by molar-refractivity contribution is 0.101. The average Bonchev–Trinajstić information content (AvgIpc) is 2.68. The Bertz CT molecular complexity index is 606. The predicted octanol–water partition coefficient (Wildman–Crippen LogP) is 2.51. The van der Waals surface area contributed by atoms with Crippen molar-refractivity contribution in [3.63, 3.8) is 0 Å². The number of carbonyl (C=O) groups excluding carboxylic acids is 1. The number of hydrogen-bond donors (Lipinski definition) is 2. The summed E-state index contributed by atoms with van der Waals surface area (Å²) in [4.78, 5) is 15.3. The number of hydrogen-bond acceptors (Lipinski definition) is 4. The SMILES string of the molecule is CC(=O)c1c(F)cnc(Nc2cc(C)[nH]n2)c1C. The van der Waals surface area contributed by atoms with Crippen LogP contribution in [0.2, 0.25) is 0 Å². The van der Waals surface area contributed by atoms with Gasteiger partial charge in [-0.3, -0.25) is 9.89 Å². The van der Waals surface area contributed by atoms with Crippen LogP contribution in [0.3, 0.4) is 0 Å². The van der Waals surface area contributed by atoms with Crippen molar-refractivity contribution in [1.82, 2.24) is 15.2 Å². The number of Topliss-reactive ketones (excluding diaryl/α,β-unsaturated/α-hetero) is 1. The lowest BCUT2D eigenvalue weighted by Gasteiger charge is -2.09. The standard InChI is InChI=1S/C12H13FN4O/c1-6-4-10(17-16-6)15-12-7(2)11(8(3)18)9(13)5-14-12/h4-5H,1-3H3,(H2,14,15,16,17). The van der Waals surface area contributed by atoms with E-state index in [9.17, 15) is 9.18 Å². The first kappa shape index (κ1) is 12.2. The van der Waals surface area contributed by atoms with Crippen molar-refractivity contribution in [2.24, 2.45) is 0 Å². The Morgan fingerprint density at radius 2 is 2.17 bits per heavy atom. The van der Waals surface area contributed by atoms with Gasteiger partial charge in [0, 0.05) is 17.3 Å². The highest BCUT2D eigenvalue weighted by Gasteiger charge is 2.15. The Morgan fingerprint density at radius 1 is 1.44 bits per heavy atom. The summed E-state index contributed by atoms with van der Waals surface area (Å²) in [5.41, 5.74) is 1.42. The van der Waals surface area contributed by atoms with Gasteiger partial charge in [0.2, 0.25) is 0 Å². The molecule has 2 aromatic rings. The van der Waals surface area contributed by atoms with Crippen LogP contribution in [0.25, 0.3) is 0 Å². The van der Waals surface area contributed by atoms with E-state index in [-0.39, 0.29) is 11.3 Å². The van der Waals surface area contributed by atoms with E-state index in [1.807, 2.05) is 6.92 Å². The van der Waals surface area contributed by atoms with E-state index in [0.717, 1.165) is 11.9 Å². The number of carbonyl (C=O) groups is 1. The van der Waals surface area contributed by atoms with Gasteiger partial charge in [-0.25, -0.2) is 9.37 Å². The van der Waals surface area contributed by atoms with Gasteiger partial charge in [-0.05, 0) is 20.8 Å². The molecule has 0 atom stereocenters. The van der Waals surface area contributed by atoms with Gasteiger partial charge in [0.05, 0.1) is 11.8 Å². The summed E-state index contributed by atoms with van der Waals surface area (Å²) in [5.74, 6) is 0.0646. The number of anilines is 2. The molecule has 0 aromatic carbocycles. The van der Waals surface area contributed by atoms with Gasteiger partial charge in [0.15, 0.2) is 17.4 Å². The van der Waals surface area contributed by atoms with Crippen LogP contribution in [0.1, 0.15) is 28.5 Å². The molecule has 0 bridgehead atoms. The summed E-state index contributed by atoms with van der Waals surface area (Å²) >= 11 is 0. The van der Waals surface area contributed by atoms with Crippen LogP contribution >= 0.6 is 0 Å². The summed E-state index contributed by atoms with van der Waals surface area (Å²) in [6.45, 7) is 4.84. The van der Waals surface area contributed by atoms with E-state index in [4.69, 9.17) is 0 Å². The van der Waals surface area contributed by atoms with Crippen molar-refractivity contribution >= 4 is 17.4 Å². The van der Waals surface area contributed by atoms with Crippen LogP contribution in [0.15, 0.2) is 12.3 Å². The van der Waals surface area contributed by atoms with E-state index in [0.29, 0.717) is 17.2 Å². The number of aromatic amines is 1. The number of nitrogens with zero attached hydrogens (tertiary/aromatic N) is 2. The van der Waals surface area contributed by atoms with Crippen molar-refractivity contribution in [2.45, 2.75) is 20.8 Å². The molecule has 0 radical (unpaired) electrons. The number of aryl methyl sites for hydroxylation is 1. The Balaban J connectivity index is 2.40. The minimum absolute atomic E-state index is 0.0553. The van der Waals surface area contributed by atoms with Gasteiger partial charge in [-0.1, -0.05) is 0 Å². The highest BCUT2D eigenvalue weighted by atomic mass is 19.1. The zero-order chi connectivity index (χ0) is 13.3. The molecule has 2 heterocycles. The largest absolute Gasteiger partial charge is 0.323 e. The van der Waals surface area contributed by atoms with Crippen LogP contribution in [0.4, 0.5) is 16.0 Å². The molecule has 0 saturated heterocycles. The second kappa shape index (κ2) is 4.56. The predicted molar refractivity (Wildman–Crippen MR) is 65.5 cm³/mol. The third-order valence-corrected chi connectivity index (χ3v) is 2.58. The molecule has 94 valence electrons. The lowest BCUT2D eigenvalue weighted by Crippen LogP contribution is -2.06. The quantitative estimate of drug-likeness (QED) is 0.819. The van der Waals surface area contributed by atoms with Crippen LogP contribution in [-0.4, -0.2) is 21.0 Å². The van der Waals surface area contributed by atoms with Crippen molar-refractivity contribution in [2.75, 3.05) is 5.32 Å². The minimum Gasteiger partial charge on any atom is -0.323 e. The first-order valence-corrected chi connectivity index (χ1v) is 5.44. The molecule has 2 aromatic heterocycles. The fraction of sp³-hybridized carbons (Fsp3) is 0.250. The molecule has 0 aliphatic carbocycles. The number of halogens is 1. The molecule has 0 spiro atoms. The Morgan fingerprint density at radius 3 is 2.72 bits per heavy atom. The molecule has 6 heteroatoms. The molecule has 0 aliphatic heterocycles. The highest BCUT2D eigenvalue weighted by Crippen LogP contribution is 2.22. The number of nitrogens with one attached hydrogen (secondary N) is 2. The fourth-order valence-electron chi connectivity index (χ4n) is 1.74. The maximum atomic E-state index is 13.5. The Labute approximate surface area is 103 Å². The second-order valence-electron chi connectivity index (χ2n) is 4.07. The van der Waals surface area contributed by atoms with E-state index in [1.54, 1.807) is 13.0 Å². The molecule has 5 nitrogen and oxygen atoms in total. The van der Waals surface area contributed by atoms with Crippen LogP contribution in [0.5, 0.6) is 0 Å². The van der Waals surface area contributed by atoms with Crippen molar-refractivity contribution in [3.05, 3.63) is 34.9 Å². The molecule has 0 amide bonds. The number of aromatic nitrogens is 3. The minimum atomic E-state index is -0.608. The molecule has 2 N–H and O–H groups in total. The summed E-state index contributed by atoms with van der Waals surface area (Å²) < 4.78 is 13.5. The van der Waals surface area contributed by atoms with Gasteiger partial charge < -0.3 is 5.32 Å². The highest BCUT2D eigenvalue weighted by molar-refractivity contribution is 5.96. The third-order valence-electron chi connectivity index (χ3n) is 2.58. The summed E-state index contributed by atoms with van der Waals surface area (Å²) in [6.07, 6.45) is 1.03. The molecular weight excluding hydrogens is 235 g/mol. The van der Waals surface area contributed by atoms with Crippen molar-refractivity contribution < 1.29 is 9.18 Å². The molecule has 0 unspecified atom stereocenters. The van der Waals surface area contributed by atoms with E-state index < -0.39 is 5.82 Å². The molecule has 0 saturated carbocycles. The summed E-state index contributed by atoms with van der Waals surface area (Å²) in [5, 5.41) is 9.71. The normalized spacial score (nSPS) is 10.4. The van der Waals surface area contributed by atoms with E-state index >= 15 is 0 Å². The fourth-order valence-corrected chi connectivity index (χ4v) is 1.74. The number of H-pyrrole nitrogens is 1. The van der Waals surface area contributed by atoms with Crippen LogP contribution < -0.4 is 5.32 Å². The van der Waals surface area contributed by atoms with Gasteiger partial charge >= 0.3 is 0 Å². The number of ketones is 1. The lowest BCUT2D eigenvalue weighted by atomic mass is 10.1. The van der Waals surface area contributed by atoms with Gasteiger partial charge in [0.1, 0.15) is 5.82 Å². The van der Waals surface area contributed by atoms with Crippen molar-refractivity contribution in [1.29, 1.82) is 0 Å². The average molecular weight is 248 g/mol. The Kier molecular flexibility index (Phi) is 3.10. The molecule has 0 fully saturated rings. The number of rotatable bonds is 3. The van der Waals surface area contributed by atoms with E-state index in [1.165, 1.54) is 6.92 Å². The topological polar surface area (TPSA) is 70.7 Å². The van der Waals surface area contributed by atoms with E-state index in [2.05, 4.69) is 20.5 Å². The molecule has 0 aliphatic rings. The van der Waals surface area contributed by atoms with Gasteiger partial charge in [0.25, 0.3) is 0 Å². The second-order valence-corrected chi connectivity index (χ2v) is 4.07. The third kappa shape index (κ3) is 2.22. The van der Waals surface area contributed by atoms with Gasteiger partial charge in [-0.2, -0.15) is 5.10 Å².